The molecule has 21 heavy (non-hydrogen) atoms. The van der Waals surface area contributed by atoms with Crippen LogP contribution in [-0.4, -0.2) is 37.7 Å². The fraction of sp³-hybridized carbons (Fsp3) is 0.647. The lowest BCUT2D eigenvalue weighted by atomic mass is 10.0. The summed E-state index contributed by atoms with van der Waals surface area (Å²) in [6.45, 7) is 11.0. The number of hydrogen-bond donors (Lipinski definition) is 1. The summed E-state index contributed by atoms with van der Waals surface area (Å²) in [5.74, 6) is 2.35. The lowest BCUT2D eigenvalue weighted by Gasteiger charge is -2.27. The molecule has 0 saturated heterocycles. The number of hydrogen-bond acceptors (Lipinski definition) is 4. The fourth-order valence-corrected chi connectivity index (χ4v) is 2.58. The number of ether oxygens (including phenoxy) is 2. The van der Waals surface area contributed by atoms with Crippen molar-refractivity contribution in [3.8, 4) is 11.5 Å². The maximum atomic E-state index is 6.38. The van der Waals surface area contributed by atoms with Gasteiger partial charge in [-0.15, -0.1) is 0 Å². The molecule has 118 valence electrons. The van der Waals surface area contributed by atoms with Crippen LogP contribution < -0.4 is 15.2 Å². The van der Waals surface area contributed by atoms with E-state index in [0.29, 0.717) is 19.1 Å². The second kappa shape index (κ2) is 7.66. The highest BCUT2D eigenvalue weighted by atomic mass is 16.6. The molecular weight excluding hydrogens is 264 g/mol. The maximum absolute atomic E-state index is 6.38. The Kier molecular flexibility index (Phi) is 5.88. The van der Waals surface area contributed by atoms with E-state index in [1.54, 1.807) is 0 Å². The van der Waals surface area contributed by atoms with Gasteiger partial charge in [-0.05, 0) is 30.2 Å². The Balaban J connectivity index is 2.00. The average molecular weight is 292 g/mol. The minimum absolute atomic E-state index is 0.00447. The Hall–Kier alpha value is -1.26. The summed E-state index contributed by atoms with van der Waals surface area (Å²) in [7, 11) is 0. The number of nitrogens with zero attached hydrogens (tertiary/aromatic N) is 1. The van der Waals surface area contributed by atoms with Gasteiger partial charge in [-0.25, -0.2) is 0 Å². The predicted octanol–water partition coefficient (Wildman–Crippen LogP) is 2.83. The van der Waals surface area contributed by atoms with E-state index in [0.717, 1.165) is 36.7 Å². The van der Waals surface area contributed by atoms with Crippen LogP contribution in [0.15, 0.2) is 18.2 Å². The van der Waals surface area contributed by atoms with Gasteiger partial charge in [0, 0.05) is 19.1 Å². The summed E-state index contributed by atoms with van der Waals surface area (Å²) >= 11 is 0. The molecule has 0 saturated carbocycles. The highest BCUT2D eigenvalue weighted by Gasteiger charge is 2.17. The third kappa shape index (κ3) is 4.35. The van der Waals surface area contributed by atoms with Gasteiger partial charge >= 0.3 is 0 Å². The molecule has 0 amide bonds. The summed E-state index contributed by atoms with van der Waals surface area (Å²) in [5, 5.41) is 0. The van der Waals surface area contributed by atoms with Crippen molar-refractivity contribution in [2.24, 2.45) is 11.7 Å². The Morgan fingerprint density at radius 1 is 1.14 bits per heavy atom. The van der Waals surface area contributed by atoms with Crippen LogP contribution >= 0.6 is 0 Å². The molecule has 1 aromatic carbocycles. The van der Waals surface area contributed by atoms with E-state index in [9.17, 15) is 0 Å². The topological polar surface area (TPSA) is 47.7 Å². The molecule has 4 heteroatoms. The highest BCUT2D eigenvalue weighted by molar-refractivity contribution is 5.44. The molecule has 1 aliphatic rings. The Bertz CT molecular complexity index is 450. The Morgan fingerprint density at radius 2 is 1.86 bits per heavy atom. The van der Waals surface area contributed by atoms with Crippen molar-refractivity contribution < 1.29 is 9.47 Å². The van der Waals surface area contributed by atoms with Crippen molar-refractivity contribution in [2.75, 3.05) is 32.8 Å². The third-order valence-electron chi connectivity index (χ3n) is 4.16. The van der Waals surface area contributed by atoms with Gasteiger partial charge < -0.3 is 20.1 Å². The molecule has 0 bridgehead atoms. The molecule has 0 aromatic heterocycles. The van der Waals surface area contributed by atoms with Crippen molar-refractivity contribution >= 4 is 0 Å². The first-order valence-electron chi connectivity index (χ1n) is 8.01. The Labute approximate surface area is 128 Å². The molecule has 0 spiro atoms. The van der Waals surface area contributed by atoms with Crippen molar-refractivity contribution in [3.05, 3.63) is 23.8 Å². The van der Waals surface area contributed by atoms with Gasteiger partial charge in [0.25, 0.3) is 0 Å². The molecule has 0 fully saturated rings. The normalized spacial score (nSPS) is 16.8. The van der Waals surface area contributed by atoms with Crippen LogP contribution in [0.5, 0.6) is 11.5 Å². The maximum Gasteiger partial charge on any atom is 0.161 e. The fourth-order valence-electron chi connectivity index (χ4n) is 2.58. The van der Waals surface area contributed by atoms with Crippen LogP contribution in [0.3, 0.4) is 0 Å². The second-order valence-corrected chi connectivity index (χ2v) is 5.88. The summed E-state index contributed by atoms with van der Waals surface area (Å²) in [6, 6.07) is 6.05. The lowest BCUT2D eigenvalue weighted by molar-refractivity contribution is 0.171. The van der Waals surface area contributed by atoms with Crippen molar-refractivity contribution in [3.63, 3.8) is 0 Å². The van der Waals surface area contributed by atoms with E-state index < -0.39 is 0 Å². The second-order valence-electron chi connectivity index (χ2n) is 5.88. The SMILES string of the molecule is CCC(C)CN(CC)CC(N)c1ccc2c(c1)OCCO2. The van der Waals surface area contributed by atoms with Gasteiger partial charge in [-0.3, -0.25) is 0 Å². The van der Waals surface area contributed by atoms with Crippen LogP contribution in [0, 0.1) is 5.92 Å². The number of rotatable bonds is 7. The van der Waals surface area contributed by atoms with E-state index in [-0.39, 0.29) is 6.04 Å². The van der Waals surface area contributed by atoms with Gasteiger partial charge in [0.1, 0.15) is 13.2 Å². The molecule has 2 N–H and O–H groups in total. The standard InChI is InChI=1S/C17H28N2O2/c1-4-13(3)11-19(5-2)12-15(18)14-6-7-16-17(10-14)21-9-8-20-16/h6-7,10,13,15H,4-5,8-9,11-12,18H2,1-3H3. The monoisotopic (exact) mass is 292 g/mol. The lowest BCUT2D eigenvalue weighted by Crippen LogP contribution is -2.35. The first kappa shape index (κ1) is 16.1. The molecule has 2 atom stereocenters. The first-order valence-corrected chi connectivity index (χ1v) is 8.01. The first-order chi connectivity index (χ1) is 10.1. The quantitative estimate of drug-likeness (QED) is 0.839. The van der Waals surface area contributed by atoms with Gasteiger partial charge in [-0.1, -0.05) is 33.3 Å². The third-order valence-corrected chi connectivity index (χ3v) is 4.16. The summed E-state index contributed by atoms with van der Waals surface area (Å²) in [6.07, 6.45) is 1.20. The van der Waals surface area contributed by atoms with E-state index in [4.69, 9.17) is 15.2 Å². The van der Waals surface area contributed by atoms with Crippen molar-refractivity contribution in [1.82, 2.24) is 4.90 Å². The number of likely N-dealkylation sites (N-methyl/N-ethyl adjacent to an activating group) is 1. The van der Waals surface area contributed by atoms with Gasteiger partial charge in [-0.2, -0.15) is 0 Å². The van der Waals surface area contributed by atoms with E-state index in [1.165, 1.54) is 6.42 Å². The minimum atomic E-state index is 0.00447. The van der Waals surface area contributed by atoms with E-state index in [2.05, 4.69) is 31.7 Å². The zero-order chi connectivity index (χ0) is 15.2. The molecule has 1 heterocycles. The van der Waals surface area contributed by atoms with E-state index >= 15 is 0 Å². The highest BCUT2D eigenvalue weighted by Crippen LogP contribution is 2.32. The molecule has 2 rings (SSSR count). The van der Waals surface area contributed by atoms with Gasteiger partial charge in [0.15, 0.2) is 11.5 Å². The zero-order valence-electron chi connectivity index (χ0n) is 13.5. The van der Waals surface area contributed by atoms with E-state index in [1.807, 2.05) is 12.1 Å². The minimum Gasteiger partial charge on any atom is -0.486 e. The predicted molar refractivity (Wildman–Crippen MR) is 85.9 cm³/mol. The summed E-state index contributed by atoms with van der Waals surface area (Å²) in [5.41, 5.74) is 7.50. The molecule has 2 unspecified atom stereocenters. The van der Waals surface area contributed by atoms with Gasteiger partial charge in [0.05, 0.1) is 0 Å². The zero-order valence-corrected chi connectivity index (χ0v) is 13.5. The molecule has 0 aliphatic carbocycles. The average Bonchev–Trinajstić information content (AvgIpc) is 2.53. The molecule has 0 radical (unpaired) electrons. The summed E-state index contributed by atoms with van der Waals surface area (Å²) in [4.78, 5) is 2.43. The van der Waals surface area contributed by atoms with Crippen LogP contribution in [0.25, 0.3) is 0 Å². The van der Waals surface area contributed by atoms with Crippen LogP contribution in [0.1, 0.15) is 38.8 Å². The summed E-state index contributed by atoms with van der Waals surface area (Å²) < 4.78 is 11.2. The van der Waals surface area contributed by atoms with Crippen LogP contribution in [0.2, 0.25) is 0 Å². The Morgan fingerprint density at radius 3 is 2.52 bits per heavy atom. The van der Waals surface area contributed by atoms with Crippen molar-refractivity contribution in [2.45, 2.75) is 33.2 Å². The smallest absolute Gasteiger partial charge is 0.161 e. The largest absolute Gasteiger partial charge is 0.486 e. The molecular formula is C17H28N2O2. The number of nitrogens with two attached hydrogens (primary N) is 1. The van der Waals surface area contributed by atoms with Crippen molar-refractivity contribution in [1.29, 1.82) is 0 Å². The number of fused-ring (bicyclic) bond motifs is 1. The number of benzene rings is 1. The van der Waals surface area contributed by atoms with Gasteiger partial charge in [0.2, 0.25) is 0 Å². The molecule has 1 aliphatic heterocycles. The molecule has 4 nitrogen and oxygen atoms in total. The molecule has 1 aromatic rings. The van der Waals surface area contributed by atoms with Crippen LogP contribution in [-0.2, 0) is 0 Å². The van der Waals surface area contributed by atoms with Crippen LogP contribution in [0.4, 0.5) is 0 Å².